The van der Waals surface area contributed by atoms with E-state index in [0.717, 1.165) is 16.8 Å². The van der Waals surface area contributed by atoms with E-state index in [9.17, 15) is 24.0 Å². The summed E-state index contributed by atoms with van der Waals surface area (Å²) >= 11 is 0. The molecule has 0 aliphatic rings. The summed E-state index contributed by atoms with van der Waals surface area (Å²) in [4.78, 5) is 70.1. The highest BCUT2D eigenvalue weighted by Crippen LogP contribution is 2.29. The molecular formula is C41H47N5O7. The van der Waals surface area contributed by atoms with Crippen molar-refractivity contribution in [2.45, 2.75) is 46.6 Å². The van der Waals surface area contributed by atoms with Gasteiger partial charge in [-0.1, -0.05) is 54.6 Å². The summed E-state index contributed by atoms with van der Waals surface area (Å²) < 4.78 is 11.4. The van der Waals surface area contributed by atoms with Crippen LogP contribution in [0, 0.1) is 13.8 Å². The van der Waals surface area contributed by atoms with Crippen LogP contribution in [-0.4, -0.2) is 69.1 Å². The largest absolute Gasteiger partial charge is 0.482 e. The Bertz CT molecular complexity index is 1940. The molecule has 0 fully saturated rings. The molecule has 0 unspecified atom stereocenters. The summed E-state index contributed by atoms with van der Waals surface area (Å²) in [7, 11) is 3.27. The van der Waals surface area contributed by atoms with Gasteiger partial charge in [-0.25, -0.2) is 4.79 Å². The Morgan fingerprint density at radius 3 is 2.09 bits per heavy atom. The van der Waals surface area contributed by atoms with E-state index in [1.54, 1.807) is 108 Å². The normalized spacial score (nSPS) is 10.8. The van der Waals surface area contributed by atoms with Gasteiger partial charge in [0.15, 0.2) is 6.61 Å². The molecule has 0 aliphatic heterocycles. The van der Waals surface area contributed by atoms with Crippen LogP contribution in [0.3, 0.4) is 0 Å². The predicted molar refractivity (Wildman–Crippen MR) is 206 cm³/mol. The number of nitrogens with zero attached hydrogens (tertiary/aromatic N) is 3. The van der Waals surface area contributed by atoms with Gasteiger partial charge in [-0.15, -0.1) is 0 Å². The number of carbonyl (C=O) groups is 5. The van der Waals surface area contributed by atoms with E-state index >= 15 is 0 Å². The van der Waals surface area contributed by atoms with Crippen molar-refractivity contribution < 1.29 is 33.4 Å². The number of aryl methyl sites for hydroxylation is 1. The van der Waals surface area contributed by atoms with Crippen molar-refractivity contribution in [3.63, 3.8) is 0 Å². The maximum absolute atomic E-state index is 13.9. The molecule has 0 aromatic heterocycles. The number of esters is 1. The van der Waals surface area contributed by atoms with Crippen molar-refractivity contribution >= 4 is 52.5 Å². The number of hydrogen-bond donors (Lipinski definition) is 2. The Kier molecular flexibility index (Phi) is 13.3. The second-order valence-electron chi connectivity index (χ2n) is 13.5. The number of urea groups is 1. The summed E-state index contributed by atoms with van der Waals surface area (Å²) in [5.74, 6) is -1.54. The third-order valence-electron chi connectivity index (χ3n) is 8.28. The molecule has 0 radical (unpaired) electrons. The van der Waals surface area contributed by atoms with Gasteiger partial charge in [0.2, 0.25) is 11.8 Å². The van der Waals surface area contributed by atoms with Crippen LogP contribution in [0.4, 0.5) is 27.5 Å². The molecule has 0 heterocycles. The van der Waals surface area contributed by atoms with Gasteiger partial charge in [0.05, 0.1) is 18.7 Å². The molecule has 0 bridgehead atoms. The van der Waals surface area contributed by atoms with E-state index in [4.69, 9.17) is 9.47 Å². The molecule has 5 amide bonds. The van der Waals surface area contributed by atoms with Crippen LogP contribution >= 0.6 is 0 Å². The molecule has 0 saturated carbocycles. The van der Waals surface area contributed by atoms with Crippen LogP contribution in [-0.2, 0) is 30.3 Å². The SMILES string of the molecule is Cc1cccc(N(C)C(=O)COc2ccccc2N(CC(=O)N(C)c2ccccc2)C(=O)CNC(=O)Nc2cccc(CC(=O)OC(C)(C)C)c2)c1C. The smallest absolute Gasteiger partial charge is 0.319 e. The third kappa shape index (κ3) is 11.4. The van der Waals surface area contributed by atoms with Gasteiger partial charge in [-0.05, 0) is 93.8 Å². The molecule has 4 rings (SSSR count). The molecule has 0 aliphatic carbocycles. The molecular weight excluding hydrogens is 674 g/mol. The second kappa shape index (κ2) is 17.9. The van der Waals surface area contributed by atoms with Gasteiger partial charge in [0.1, 0.15) is 17.9 Å². The van der Waals surface area contributed by atoms with Crippen molar-refractivity contribution in [2.75, 3.05) is 53.8 Å². The highest BCUT2D eigenvalue weighted by molar-refractivity contribution is 6.06. The van der Waals surface area contributed by atoms with Crippen molar-refractivity contribution in [3.05, 3.63) is 114 Å². The molecule has 12 heteroatoms. The van der Waals surface area contributed by atoms with Crippen LogP contribution in [0.15, 0.2) is 97.1 Å². The van der Waals surface area contributed by atoms with Crippen LogP contribution < -0.4 is 30.1 Å². The molecule has 278 valence electrons. The van der Waals surface area contributed by atoms with Crippen LogP contribution in [0.1, 0.15) is 37.5 Å². The molecule has 12 nitrogen and oxygen atoms in total. The lowest BCUT2D eigenvalue weighted by atomic mass is 10.1. The summed E-state index contributed by atoms with van der Waals surface area (Å²) in [5, 5.41) is 5.24. The number of rotatable bonds is 13. The van der Waals surface area contributed by atoms with E-state index in [2.05, 4.69) is 10.6 Å². The van der Waals surface area contributed by atoms with Crippen molar-refractivity contribution in [1.29, 1.82) is 0 Å². The van der Waals surface area contributed by atoms with Gasteiger partial charge in [-0.2, -0.15) is 0 Å². The first kappa shape index (κ1) is 39.6. The number of para-hydroxylation sites is 3. The number of benzene rings is 4. The fraction of sp³-hybridized carbons (Fsp3) is 0.293. The summed E-state index contributed by atoms with van der Waals surface area (Å²) in [6.45, 7) is 8.05. The minimum Gasteiger partial charge on any atom is -0.482 e. The Morgan fingerprint density at radius 2 is 1.38 bits per heavy atom. The minimum absolute atomic E-state index is 0.0161. The number of ether oxygens (including phenoxy) is 2. The lowest BCUT2D eigenvalue weighted by Gasteiger charge is -2.27. The average molecular weight is 722 g/mol. The standard InChI is InChI=1S/C41H47N5O7/c1-28-15-13-21-33(29(28)2)45(7)38(49)27-52-35-22-12-11-20-34(35)46(26-37(48)44(6)32-18-9-8-10-19-32)36(47)25-42-40(51)43-31-17-14-16-30(23-31)24-39(50)53-41(3,4)5/h8-23H,24-27H2,1-7H3,(H2,42,43,51). The Balaban J connectivity index is 1.50. The average Bonchev–Trinajstić information content (AvgIpc) is 3.12. The lowest BCUT2D eigenvalue weighted by molar-refractivity contribution is -0.154. The highest BCUT2D eigenvalue weighted by Gasteiger charge is 2.26. The summed E-state index contributed by atoms with van der Waals surface area (Å²) in [6.07, 6.45) is 0.0161. The molecule has 0 saturated heterocycles. The van der Waals surface area contributed by atoms with Crippen LogP contribution in [0.25, 0.3) is 0 Å². The van der Waals surface area contributed by atoms with Crippen molar-refractivity contribution in [1.82, 2.24) is 5.32 Å². The minimum atomic E-state index is -0.676. The number of amides is 5. The van der Waals surface area contributed by atoms with Gasteiger partial charge in [0.25, 0.3) is 5.91 Å². The maximum atomic E-state index is 13.9. The van der Waals surface area contributed by atoms with E-state index in [1.165, 1.54) is 14.7 Å². The Morgan fingerprint density at radius 1 is 0.717 bits per heavy atom. The zero-order chi connectivity index (χ0) is 38.7. The van der Waals surface area contributed by atoms with E-state index < -0.39 is 42.5 Å². The predicted octanol–water partition coefficient (Wildman–Crippen LogP) is 6.05. The molecule has 0 spiro atoms. The first-order valence-corrected chi connectivity index (χ1v) is 17.1. The Labute approximate surface area is 310 Å². The molecule has 4 aromatic rings. The number of carbonyl (C=O) groups excluding carboxylic acids is 5. The van der Waals surface area contributed by atoms with Crippen molar-refractivity contribution in [2.24, 2.45) is 0 Å². The quantitative estimate of drug-likeness (QED) is 0.161. The van der Waals surface area contributed by atoms with E-state index in [-0.39, 0.29) is 30.4 Å². The number of likely N-dealkylation sites (N-methyl/N-ethyl adjacent to an activating group) is 2. The fourth-order valence-corrected chi connectivity index (χ4v) is 5.35. The van der Waals surface area contributed by atoms with Gasteiger partial charge in [-0.3, -0.25) is 24.1 Å². The molecule has 53 heavy (non-hydrogen) atoms. The number of hydrogen-bond acceptors (Lipinski definition) is 7. The zero-order valence-corrected chi connectivity index (χ0v) is 31.3. The molecule has 0 atom stereocenters. The van der Waals surface area contributed by atoms with E-state index in [1.807, 2.05) is 38.1 Å². The highest BCUT2D eigenvalue weighted by atomic mass is 16.6. The third-order valence-corrected chi connectivity index (χ3v) is 8.28. The monoisotopic (exact) mass is 721 g/mol. The maximum Gasteiger partial charge on any atom is 0.319 e. The topological polar surface area (TPSA) is 138 Å². The fourth-order valence-electron chi connectivity index (χ4n) is 5.35. The first-order chi connectivity index (χ1) is 25.1. The molecule has 2 N–H and O–H groups in total. The first-order valence-electron chi connectivity index (χ1n) is 17.1. The van der Waals surface area contributed by atoms with Gasteiger partial charge < -0.3 is 29.9 Å². The van der Waals surface area contributed by atoms with Gasteiger partial charge in [0, 0.05) is 31.2 Å². The number of anilines is 4. The number of nitrogens with one attached hydrogen (secondary N) is 2. The van der Waals surface area contributed by atoms with Gasteiger partial charge >= 0.3 is 12.0 Å². The summed E-state index contributed by atoms with van der Waals surface area (Å²) in [5.41, 5.74) is 4.03. The van der Waals surface area contributed by atoms with Crippen LogP contribution in [0.5, 0.6) is 5.75 Å². The van der Waals surface area contributed by atoms with Crippen LogP contribution in [0.2, 0.25) is 0 Å². The second-order valence-corrected chi connectivity index (χ2v) is 13.5. The zero-order valence-electron chi connectivity index (χ0n) is 31.3. The Hall–Kier alpha value is -6.17. The summed E-state index contributed by atoms with van der Waals surface area (Å²) in [6, 6.07) is 27.3. The van der Waals surface area contributed by atoms with E-state index in [0.29, 0.717) is 16.9 Å². The lowest BCUT2D eigenvalue weighted by Crippen LogP contribution is -2.46. The van der Waals surface area contributed by atoms with Crippen molar-refractivity contribution in [3.8, 4) is 5.75 Å². The molecule has 4 aromatic carbocycles.